The van der Waals surface area contributed by atoms with E-state index in [-0.39, 0.29) is 17.9 Å². The molecule has 0 spiro atoms. The summed E-state index contributed by atoms with van der Waals surface area (Å²) in [5.74, 6) is -0.240. The van der Waals surface area contributed by atoms with Crippen LogP contribution in [-0.2, 0) is 14.3 Å². The number of aldehydes is 1. The molecule has 0 radical (unpaired) electrons. The molecule has 0 amide bonds. The quantitative estimate of drug-likeness (QED) is 0.537. The molecule has 2 unspecified atom stereocenters. The third-order valence-corrected chi connectivity index (χ3v) is 2.71. The molecule has 0 bridgehead atoms. The molecule has 16 heavy (non-hydrogen) atoms. The lowest BCUT2D eigenvalue weighted by Crippen LogP contribution is -2.40. The first-order chi connectivity index (χ1) is 7.37. The Balaban J connectivity index is 2.64. The SMILES string of the molecule is CCN1CC(C=O)CC1C(=O)OC(C)(C)C. The monoisotopic (exact) mass is 227 g/mol. The van der Waals surface area contributed by atoms with Gasteiger partial charge in [0.15, 0.2) is 0 Å². The van der Waals surface area contributed by atoms with Crippen molar-refractivity contribution in [3.8, 4) is 0 Å². The molecular weight excluding hydrogens is 206 g/mol. The van der Waals surface area contributed by atoms with Gasteiger partial charge < -0.3 is 9.53 Å². The van der Waals surface area contributed by atoms with Crippen LogP contribution in [0.15, 0.2) is 0 Å². The summed E-state index contributed by atoms with van der Waals surface area (Å²) < 4.78 is 5.35. The summed E-state index contributed by atoms with van der Waals surface area (Å²) in [6, 6.07) is -0.251. The van der Waals surface area contributed by atoms with Crippen molar-refractivity contribution in [2.45, 2.75) is 45.8 Å². The zero-order valence-electron chi connectivity index (χ0n) is 10.5. The maximum Gasteiger partial charge on any atom is 0.323 e. The van der Waals surface area contributed by atoms with Gasteiger partial charge >= 0.3 is 5.97 Å². The molecule has 0 aromatic heterocycles. The molecule has 1 aliphatic rings. The van der Waals surface area contributed by atoms with Gasteiger partial charge in [-0.05, 0) is 33.7 Å². The van der Waals surface area contributed by atoms with Gasteiger partial charge in [-0.1, -0.05) is 6.92 Å². The van der Waals surface area contributed by atoms with Crippen molar-refractivity contribution in [1.29, 1.82) is 0 Å². The summed E-state index contributed by atoms with van der Waals surface area (Å²) in [6.07, 6.45) is 1.53. The van der Waals surface area contributed by atoms with E-state index < -0.39 is 5.60 Å². The Hall–Kier alpha value is -0.900. The third kappa shape index (κ3) is 3.30. The van der Waals surface area contributed by atoms with Crippen LogP contribution in [0.4, 0.5) is 0 Å². The zero-order valence-corrected chi connectivity index (χ0v) is 10.5. The Bertz CT molecular complexity index is 270. The molecule has 0 aromatic carbocycles. The average molecular weight is 227 g/mol. The van der Waals surface area contributed by atoms with E-state index >= 15 is 0 Å². The Labute approximate surface area is 96.9 Å². The molecule has 4 heteroatoms. The van der Waals surface area contributed by atoms with E-state index in [1.165, 1.54) is 0 Å². The number of ether oxygens (including phenoxy) is 1. The Morgan fingerprint density at radius 3 is 2.56 bits per heavy atom. The smallest absolute Gasteiger partial charge is 0.323 e. The highest BCUT2D eigenvalue weighted by Gasteiger charge is 2.37. The van der Waals surface area contributed by atoms with Crippen molar-refractivity contribution in [3.63, 3.8) is 0 Å². The largest absolute Gasteiger partial charge is 0.459 e. The second-order valence-corrected chi connectivity index (χ2v) is 5.27. The molecule has 0 aliphatic carbocycles. The summed E-state index contributed by atoms with van der Waals surface area (Å²) in [5.41, 5.74) is -0.463. The zero-order chi connectivity index (χ0) is 12.3. The van der Waals surface area contributed by atoms with Crippen LogP contribution in [0.25, 0.3) is 0 Å². The Kier molecular flexibility index (Phi) is 4.08. The summed E-state index contributed by atoms with van der Waals surface area (Å²) in [7, 11) is 0. The van der Waals surface area contributed by atoms with Crippen LogP contribution in [-0.4, -0.2) is 41.9 Å². The van der Waals surface area contributed by atoms with E-state index in [1.807, 2.05) is 32.6 Å². The molecule has 92 valence electrons. The minimum Gasteiger partial charge on any atom is -0.459 e. The summed E-state index contributed by atoms with van der Waals surface area (Å²) in [5, 5.41) is 0. The molecule has 1 rings (SSSR count). The predicted octanol–water partition coefficient (Wildman–Crippen LogP) is 1.24. The number of likely N-dealkylation sites (tertiary alicyclic amines) is 1. The van der Waals surface area contributed by atoms with Crippen LogP contribution >= 0.6 is 0 Å². The van der Waals surface area contributed by atoms with Gasteiger partial charge in [-0.2, -0.15) is 0 Å². The van der Waals surface area contributed by atoms with Gasteiger partial charge in [-0.3, -0.25) is 9.69 Å². The number of rotatable bonds is 3. The standard InChI is InChI=1S/C12H21NO3/c1-5-13-7-9(8-14)6-10(13)11(15)16-12(2,3)4/h8-10H,5-7H2,1-4H3. The van der Waals surface area contributed by atoms with Crippen molar-refractivity contribution >= 4 is 12.3 Å². The maximum atomic E-state index is 11.9. The molecule has 0 saturated carbocycles. The number of carbonyl (C=O) groups is 2. The Morgan fingerprint density at radius 2 is 2.12 bits per heavy atom. The average Bonchev–Trinajstić information content (AvgIpc) is 2.58. The van der Waals surface area contributed by atoms with Crippen molar-refractivity contribution in [2.75, 3.05) is 13.1 Å². The normalized spacial score (nSPS) is 26.8. The second-order valence-electron chi connectivity index (χ2n) is 5.27. The number of esters is 1. The summed E-state index contributed by atoms with van der Waals surface area (Å²) in [4.78, 5) is 24.7. The van der Waals surface area contributed by atoms with Gasteiger partial charge in [0.1, 0.15) is 17.9 Å². The van der Waals surface area contributed by atoms with Gasteiger partial charge in [0, 0.05) is 12.5 Å². The van der Waals surface area contributed by atoms with Crippen LogP contribution in [0.2, 0.25) is 0 Å². The molecular formula is C12H21NO3. The van der Waals surface area contributed by atoms with Crippen LogP contribution in [0.1, 0.15) is 34.1 Å². The van der Waals surface area contributed by atoms with Gasteiger partial charge in [0.05, 0.1) is 0 Å². The van der Waals surface area contributed by atoms with E-state index in [9.17, 15) is 9.59 Å². The van der Waals surface area contributed by atoms with E-state index in [0.717, 1.165) is 12.8 Å². The number of likely N-dealkylation sites (N-methyl/N-ethyl adjacent to an activating group) is 1. The first kappa shape index (κ1) is 13.2. The topological polar surface area (TPSA) is 46.6 Å². The number of carbonyl (C=O) groups excluding carboxylic acids is 2. The Morgan fingerprint density at radius 1 is 1.50 bits per heavy atom. The van der Waals surface area contributed by atoms with Gasteiger partial charge in [0.2, 0.25) is 0 Å². The fourth-order valence-electron chi connectivity index (χ4n) is 2.00. The maximum absolute atomic E-state index is 11.9. The lowest BCUT2D eigenvalue weighted by atomic mass is 10.1. The van der Waals surface area contributed by atoms with E-state index in [0.29, 0.717) is 13.0 Å². The van der Waals surface area contributed by atoms with E-state index in [1.54, 1.807) is 0 Å². The fourth-order valence-corrected chi connectivity index (χ4v) is 2.00. The van der Waals surface area contributed by atoms with Gasteiger partial charge in [-0.25, -0.2) is 0 Å². The molecule has 1 fully saturated rings. The lowest BCUT2D eigenvalue weighted by molar-refractivity contribution is -0.160. The van der Waals surface area contributed by atoms with Crippen molar-refractivity contribution in [3.05, 3.63) is 0 Å². The highest BCUT2D eigenvalue weighted by atomic mass is 16.6. The minimum atomic E-state index is -0.463. The van der Waals surface area contributed by atoms with Crippen LogP contribution in [0.5, 0.6) is 0 Å². The first-order valence-corrected chi connectivity index (χ1v) is 5.79. The summed E-state index contributed by atoms with van der Waals surface area (Å²) in [6.45, 7) is 9.00. The molecule has 0 N–H and O–H groups in total. The third-order valence-electron chi connectivity index (χ3n) is 2.71. The minimum absolute atomic E-state index is 0.0301. The number of hydrogen-bond acceptors (Lipinski definition) is 4. The second kappa shape index (κ2) is 4.95. The molecule has 2 atom stereocenters. The molecule has 1 aliphatic heterocycles. The number of nitrogens with zero attached hydrogens (tertiary/aromatic N) is 1. The van der Waals surface area contributed by atoms with Crippen LogP contribution < -0.4 is 0 Å². The van der Waals surface area contributed by atoms with Crippen molar-refractivity contribution in [1.82, 2.24) is 4.90 Å². The first-order valence-electron chi connectivity index (χ1n) is 5.79. The molecule has 1 saturated heterocycles. The predicted molar refractivity (Wildman–Crippen MR) is 61.1 cm³/mol. The van der Waals surface area contributed by atoms with Crippen molar-refractivity contribution in [2.24, 2.45) is 5.92 Å². The molecule has 0 aromatic rings. The highest BCUT2D eigenvalue weighted by Crippen LogP contribution is 2.24. The highest BCUT2D eigenvalue weighted by molar-refractivity contribution is 5.77. The number of hydrogen-bond donors (Lipinski definition) is 0. The molecule has 1 heterocycles. The van der Waals surface area contributed by atoms with Crippen LogP contribution in [0.3, 0.4) is 0 Å². The van der Waals surface area contributed by atoms with Crippen molar-refractivity contribution < 1.29 is 14.3 Å². The van der Waals surface area contributed by atoms with E-state index in [4.69, 9.17) is 4.74 Å². The van der Waals surface area contributed by atoms with Gasteiger partial charge in [-0.15, -0.1) is 0 Å². The molecule has 4 nitrogen and oxygen atoms in total. The fraction of sp³-hybridized carbons (Fsp3) is 0.833. The summed E-state index contributed by atoms with van der Waals surface area (Å²) >= 11 is 0. The van der Waals surface area contributed by atoms with Crippen LogP contribution in [0, 0.1) is 5.92 Å². The van der Waals surface area contributed by atoms with Gasteiger partial charge in [0.25, 0.3) is 0 Å². The lowest BCUT2D eigenvalue weighted by Gasteiger charge is -2.26. The van der Waals surface area contributed by atoms with E-state index in [2.05, 4.69) is 0 Å².